The van der Waals surface area contributed by atoms with Gasteiger partial charge in [-0.3, -0.25) is 0 Å². The molecule has 0 aliphatic rings. The van der Waals surface area contributed by atoms with Gasteiger partial charge in [0, 0.05) is 21.5 Å². The van der Waals surface area contributed by atoms with Gasteiger partial charge in [0.1, 0.15) is 11.5 Å². The highest BCUT2D eigenvalue weighted by Gasteiger charge is 2.20. The number of hydrogen-bond acceptors (Lipinski definition) is 2. The molecule has 0 aliphatic heterocycles. The average Bonchev–Trinajstić information content (AvgIpc) is 2.74. The molecule has 0 atom stereocenters. The Morgan fingerprint density at radius 3 is 1.50 bits per heavy atom. The van der Waals surface area contributed by atoms with E-state index in [1.165, 1.54) is 21.9 Å². The number of hydrogen-bond donors (Lipinski definition) is 0. The zero-order valence-corrected chi connectivity index (χ0v) is 17.1. The van der Waals surface area contributed by atoms with E-state index in [1.54, 1.807) is 0 Å². The van der Waals surface area contributed by atoms with E-state index in [2.05, 4.69) is 63.4 Å². The van der Waals surface area contributed by atoms with Gasteiger partial charge in [0.05, 0.1) is 13.2 Å². The maximum atomic E-state index is 6.35. The normalized spacial score (nSPS) is 10.9. The highest BCUT2D eigenvalue weighted by molar-refractivity contribution is 6.13. The van der Waals surface area contributed by atoms with Gasteiger partial charge in [-0.15, -0.1) is 13.2 Å². The molecule has 0 saturated carbocycles. The molecule has 2 nitrogen and oxygen atoms in total. The van der Waals surface area contributed by atoms with Crippen molar-refractivity contribution in [3.8, 4) is 11.5 Å². The van der Waals surface area contributed by atoms with E-state index in [9.17, 15) is 0 Å². The van der Waals surface area contributed by atoms with Gasteiger partial charge in [0.15, 0.2) is 0 Å². The highest BCUT2D eigenvalue weighted by Crippen LogP contribution is 2.45. The predicted molar refractivity (Wildman–Crippen MR) is 121 cm³/mol. The van der Waals surface area contributed by atoms with Crippen LogP contribution < -0.4 is 9.47 Å². The van der Waals surface area contributed by atoms with Crippen LogP contribution in [0.1, 0.15) is 37.8 Å². The van der Waals surface area contributed by atoms with Gasteiger partial charge in [-0.25, -0.2) is 0 Å². The molecule has 0 amide bonds. The molecule has 3 aromatic rings. The van der Waals surface area contributed by atoms with E-state index >= 15 is 0 Å². The summed E-state index contributed by atoms with van der Waals surface area (Å²) >= 11 is 0. The molecule has 0 fully saturated rings. The number of rotatable bonds is 10. The van der Waals surface area contributed by atoms with Gasteiger partial charge in [0.25, 0.3) is 0 Å². The quantitative estimate of drug-likeness (QED) is 0.215. The third kappa shape index (κ3) is 3.77. The van der Waals surface area contributed by atoms with Crippen molar-refractivity contribution in [2.45, 2.75) is 39.5 Å². The van der Waals surface area contributed by atoms with Crippen molar-refractivity contribution >= 4 is 21.5 Å². The fraction of sp³-hybridized carbons (Fsp3) is 0.308. The topological polar surface area (TPSA) is 18.5 Å². The Labute approximate surface area is 168 Å². The summed E-state index contributed by atoms with van der Waals surface area (Å²) in [6, 6.07) is 12.9. The van der Waals surface area contributed by atoms with Crippen molar-refractivity contribution in [2.75, 3.05) is 13.2 Å². The largest absolute Gasteiger partial charge is 0.492 e. The first-order valence-corrected chi connectivity index (χ1v) is 10.2. The first kappa shape index (κ1) is 20.0. The van der Waals surface area contributed by atoms with Crippen LogP contribution in [0.2, 0.25) is 0 Å². The predicted octanol–water partition coefficient (Wildman–Crippen LogP) is 7.03. The Kier molecular flexibility index (Phi) is 6.76. The standard InChI is InChI=1S/C26H30O2/c1-5-9-17-27-25-21-15-11-14-20(8-4)24(21)26(28-18-10-6-2)22-16-12-13-19(7-3)23(22)25/h5-6,11-16H,1-2,7-10,17-18H2,3-4H3. The SMILES string of the molecule is C=CCCOc1c2cccc(CC)c2c(OCCC=C)c2cccc(CC)c12. The van der Waals surface area contributed by atoms with Crippen molar-refractivity contribution in [3.05, 3.63) is 72.8 Å². The van der Waals surface area contributed by atoms with Gasteiger partial charge >= 0.3 is 0 Å². The maximum Gasteiger partial charge on any atom is 0.135 e. The van der Waals surface area contributed by atoms with E-state index < -0.39 is 0 Å². The number of aryl methyl sites for hydroxylation is 2. The molecular formula is C26H30O2. The lowest BCUT2D eigenvalue weighted by Crippen LogP contribution is -2.03. The van der Waals surface area contributed by atoms with Crippen molar-refractivity contribution in [2.24, 2.45) is 0 Å². The van der Waals surface area contributed by atoms with Crippen LogP contribution in [0.5, 0.6) is 11.5 Å². The van der Waals surface area contributed by atoms with Crippen molar-refractivity contribution < 1.29 is 9.47 Å². The molecule has 0 unspecified atom stereocenters. The van der Waals surface area contributed by atoms with E-state index in [0.29, 0.717) is 13.2 Å². The van der Waals surface area contributed by atoms with Gasteiger partial charge in [-0.1, -0.05) is 62.4 Å². The van der Waals surface area contributed by atoms with Gasteiger partial charge in [-0.2, -0.15) is 0 Å². The van der Waals surface area contributed by atoms with Gasteiger partial charge < -0.3 is 9.47 Å². The third-order valence-electron chi connectivity index (χ3n) is 5.14. The first-order valence-electron chi connectivity index (χ1n) is 10.2. The summed E-state index contributed by atoms with van der Waals surface area (Å²) in [5.41, 5.74) is 2.56. The summed E-state index contributed by atoms with van der Waals surface area (Å²) in [5, 5.41) is 4.60. The van der Waals surface area contributed by atoms with Crippen LogP contribution in [0.25, 0.3) is 21.5 Å². The minimum atomic E-state index is 0.624. The van der Waals surface area contributed by atoms with E-state index in [1.807, 2.05) is 12.2 Å². The van der Waals surface area contributed by atoms with E-state index in [4.69, 9.17) is 9.47 Å². The number of fused-ring (bicyclic) bond motifs is 2. The van der Waals surface area contributed by atoms with Crippen molar-refractivity contribution in [3.63, 3.8) is 0 Å². The first-order chi connectivity index (χ1) is 13.8. The highest BCUT2D eigenvalue weighted by atomic mass is 16.5. The zero-order chi connectivity index (χ0) is 19.9. The summed E-state index contributed by atoms with van der Waals surface area (Å²) in [6.07, 6.45) is 7.33. The molecule has 0 saturated heterocycles. The molecule has 146 valence electrons. The van der Waals surface area contributed by atoms with Crippen molar-refractivity contribution in [1.29, 1.82) is 0 Å². The van der Waals surface area contributed by atoms with E-state index in [-0.39, 0.29) is 0 Å². The number of benzene rings is 3. The smallest absolute Gasteiger partial charge is 0.135 e. The third-order valence-corrected chi connectivity index (χ3v) is 5.14. The lowest BCUT2D eigenvalue weighted by Gasteiger charge is -2.21. The molecule has 0 N–H and O–H groups in total. The van der Waals surface area contributed by atoms with Crippen LogP contribution in [0.3, 0.4) is 0 Å². The second-order valence-corrected chi connectivity index (χ2v) is 6.90. The van der Waals surface area contributed by atoms with Crippen LogP contribution in [0.15, 0.2) is 61.7 Å². The summed E-state index contributed by atoms with van der Waals surface area (Å²) in [6.45, 7) is 13.3. The Bertz CT molecular complexity index is 903. The fourth-order valence-corrected chi connectivity index (χ4v) is 3.76. The monoisotopic (exact) mass is 374 g/mol. The molecular weight excluding hydrogens is 344 g/mol. The Morgan fingerprint density at radius 2 is 1.14 bits per heavy atom. The van der Waals surface area contributed by atoms with Gasteiger partial charge in [0.2, 0.25) is 0 Å². The second kappa shape index (κ2) is 9.45. The lowest BCUT2D eigenvalue weighted by atomic mass is 9.93. The van der Waals surface area contributed by atoms with Crippen LogP contribution in [0.4, 0.5) is 0 Å². The maximum absolute atomic E-state index is 6.35. The molecule has 0 spiro atoms. The summed E-state index contributed by atoms with van der Waals surface area (Å²) < 4.78 is 12.7. The Morgan fingerprint density at radius 1 is 0.714 bits per heavy atom. The summed E-state index contributed by atoms with van der Waals surface area (Å²) in [5.74, 6) is 1.94. The molecule has 0 radical (unpaired) electrons. The molecule has 0 aromatic heterocycles. The molecule has 0 aliphatic carbocycles. The van der Waals surface area contributed by atoms with Gasteiger partial charge in [-0.05, 0) is 36.8 Å². The molecule has 0 bridgehead atoms. The lowest BCUT2D eigenvalue weighted by molar-refractivity contribution is 0.327. The minimum Gasteiger partial charge on any atom is -0.492 e. The minimum absolute atomic E-state index is 0.624. The fourth-order valence-electron chi connectivity index (χ4n) is 3.76. The molecule has 0 heterocycles. The average molecular weight is 375 g/mol. The molecule has 2 heteroatoms. The second-order valence-electron chi connectivity index (χ2n) is 6.90. The number of ether oxygens (including phenoxy) is 2. The molecule has 3 rings (SSSR count). The Balaban J connectivity index is 2.38. The van der Waals surface area contributed by atoms with Crippen LogP contribution >= 0.6 is 0 Å². The van der Waals surface area contributed by atoms with Crippen LogP contribution in [-0.4, -0.2) is 13.2 Å². The van der Waals surface area contributed by atoms with Crippen LogP contribution in [-0.2, 0) is 12.8 Å². The molecule has 3 aromatic carbocycles. The van der Waals surface area contributed by atoms with E-state index in [0.717, 1.165) is 48.0 Å². The summed E-state index contributed by atoms with van der Waals surface area (Å²) in [4.78, 5) is 0. The zero-order valence-electron chi connectivity index (χ0n) is 17.1. The molecule has 28 heavy (non-hydrogen) atoms. The van der Waals surface area contributed by atoms with Crippen LogP contribution in [0, 0.1) is 0 Å². The Hall–Kier alpha value is -2.74. The van der Waals surface area contributed by atoms with Crippen molar-refractivity contribution in [1.82, 2.24) is 0 Å². The summed E-state index contributed by atoms with van der Waals surface area (Å²) in [7, 11) is 0.